The Morgan fingerprint density at radius 3 is 1.32 bits per heavy atom. The van der Waals surface area contributed by atoms with E-state index >= 15 is 0 Å². The average molecular weight is 304 g/mol. The molecule has 0 radical (unpaired) electrons. The van der Waals surface area contributed by atoms with E-state index in [-0.39, 0.29) is 5.16 Å². The van der Waals surface area contributed by atoms with Crippen LogP contribution in [0.25, 0.3) is 0 Å². The lowest BCUT2D eigenvalue weighted by Gasteiger charge is -2.30. The maximum atomic E-state index is 3.13. The molecule has 0 aliphatic carbocycles. The van der Waals surface area contributed by atoms with Crippen LogP contribution >= 0.6 is 9.24 Å². The molecule has 3 aromatic rings. The van der Waals surface area contributed by atoms with Crippen LogP contribution in [0.15, 0.2) is 91.0 Å². The van der Waals surface area contributed by atoms with Gasteiger partial charge in [-0.25, -0.2) is 0 Å². The highest BCUT2D eigenvalue weighted by molar-refractivity contribution is 7.18. The van der Waals surface area contributed by atoms with Crippen LogP contribution in [0.3, 0.4) is 0 Å². The fraction of sp³-hybridized carbons (Fsp3) is 0.143. The number of hydrogen-bond donors (Lipinski definition) is 0. The van der Waals surface area contributed by atoms with E-state index < -0.39 is 0 Å². The lowest BCUT2D eigenvalue weighted by atomic mass is 9.85. The molecular formula is C21H21P. The Balaban J connectivity index is 1.95. The summed E-state index contributed by atoms with van der Waals surface area (Å²) >= 11 is 0. The maximum absolute atomic E-state index is 3.13. The van der Waals surface area contributed by atoms with Gasteiger partial charge in [-0.2, -0.15) is 0 Å². The summed E-state index contributed by atoms with van der Waals surface area (Å²) in [6, 6.07) is 32.3. The van der Waals surface area contributed by atoms with E-state index in [2.05, 4.69) is 100 Å². The van der Waals surface area contributed by atoms with Gasteiger partial charge in [-0.05, 0) is 29.5 Å². The van der Waals surface area contributed by atoms with Crippen LogP contribution in [-0.4, -0.2) is 0 Å². The highest BCUT2D eigenvalue weighted by atomic mass is 31.0. The molecule has 0 amide bonds. The average Bonchev–Trinajstić information content (AvgIpc) is 2.57. The van der Waals surface area contributed by atoms with Gasteiger partial charge in [0.05, 0.1) is 0 Å². The first-order valence-electron chi connectivity index (χ1n) is 7.68. The highest BCUT2D eigenvalue weighted by Gasteiger charge is 2.27. The first-order valence-corrected chi connectivity index (χ1v) is 8.26. The van der Waals surface area contributed by atoms with Crippen LogP contribution < -0.4 is 0 Å². The van der Waals surface area contributed by atoms with Gasteiger partial charge in [0.1, 0.15) is 0 Å². The van der Waals surface area contributed by atoms with Gasteiger partial charge in [0.15, 0.2) is 0 Å². The zero-order valence-corrected chi connectivity index (χ0v) is 13.8. The molecule has 0 spiro atoms. The van der Waals surface area contributed by atoms with Crippen molar-refractivity contribution in [2.75, 3.05) is 0 Å². The molecule has 3 aromatic carbocycles. The van der Waals surface area contributed by atoms with Crippen LogP contribution in [0.2, 0.25) is 0 Å². The Morgan fingerprint density at radius 2 is 0.909 bits per heavy atom. The monoisotopic (exact) mass is 304 g/mol. The molecule has 0 N–H and O–H groups in total. The summed E-state index contributed by atoms with van der Waals surface area (Å²) in [5.74, 6) is 0. The number of hydrogen-bond acceptors (Lipinski definition) is 0. The fourth-order valence-electron chi connectivity index (χ4n) is 2.96. The third-order valence-electron chi connectivity index (χ3n) is 4.07. The zero-order chi connectivity index (χ0) is 15.3. The number of benzene rings is 3. The third-order valence-corrected chi connectivity index (χ3v) is 4.82. The van der Waals surface area contributed by atoms with Crippen molar-refractivity contribution in [3.05, 3.63) is 108 Å². The van der Waals surface area contributed by atoms with E-state index in [4.69, 9.17) is 0 Å². The first-order chi connectivity index (χ1) is 10.8. The highest BCUT2D eigenvalue weighted by Crippen LogP contribution is 2.38. The normalized spacial score (nSPS) is 11.3. The molecule has 110 valence electrons. The molecule has 1 heteroatoms. The first kappa shape index (κ1) is 15.0. The molecule has 3 rings (SSSR count). The van der Waals surface area contributed by atoms with Gasteiger partial charge in [0.2, 0.25) is 0 Å². The van der Waals surface area contributed by atoms with E-state index in [0.717, 1.165) is 12.8 Å². The summed E-state index contributed by atoms with van der Waals surface area (Å²) in [5, 5.41) is 0.0178. The Morgan fingerprint density at radius 1 is 0.545 bits per heavy atom. The Hall–Kier alpha value is -1.91. The topological polar surface area (TPSA) is 0 Å². The Bertz CT molecular complexity index is 648. The quantitative estimate of drug-likeness (QED) is 0.565. The molecule has 0 fully saturated rings. The fourth-order valence-corrected chi connectivity index (χ4v) is 3.62. The molecule has 0 bridgehead atoms. The van der Waals surface area contributed by atoms with Gasteiger partial charge in [-0.1, -0.05) is 91.0 Å². The lowest BCUT2D eigenvalue weighted by Crippen LogP contribution is -2.24. The smallest absolute Gasteiger partial charge is 0.0178 e. The van der Waals surface area contributed by atoms with Gasteiger partial charge in [0.25, 0.3) is 0 Å². The van der Waals surface area contributed by atoms with Crippen molar-refractivity contribution in [1.82, 2.24) is 0 Å². The van der Waals surface area contributed by atoms with Crippen LogP contribution in [0, 0.1) is 0 Å². The summed E-state index contributed by atoms with van der Waals surface area (Å²) in [7, 11) is 3.13. The van der Waals surface area contributed by atoms with Gasteiger partial charge >= 0.3 is 0 Å². The third kappa shape index (κ3) is 3.64. The van der Waals surface area contributed by atoms with Gasteiger partial charge in [-0.3, -0.25) is 0 Å². The van der Waals surface area contributed by atoms with E-state index in [1.165, 1.54) is 16.7 Å². The van der Waals surface area contributed by atoms with Crippen molar-refractivity contribution in [1.29, 1.82) is 0 Å². The van der Waals surface area contributed by atoms with Crippen molar-refractivity contribution in [3.63, 3.8) is 0 Å². The maximum Gasteiger partial charge on any atom is 0.0178 e. The van der Waals surface area contributed by atoms with Crippen LogP contribution in [-0.2, 0) is 18.0 Å². The second-order valence-corrected chi connectivity index (χ2v) is 6.95. The van der Waals surface area contributed by atoms with Crippen molar-refractivity contribution >= 4 is 9.24 Å². The van der Waals surface area contributed by atoms with Gasteiger partial charge in [-0.15, -0.1) is 9.24 Å². The second-order valence-electron chi connectivity index (χ2n) is 5.85. The summed E-state index contributed by atoms with van der Waals surface area (Å²) in [6.45, 7) is 0. The minimum Gasteiger partial charge on any atom is -0.126 e. The molecule has 22 heavy (non-hydrogen) atoms. The molecular weight excluding hydrogens is 283 g/mol. The van der Waals surface area contributed by atoms with Crippen molar-refractivity contribution in [2.45, 2.75) is 18.0 Å². The van der Waals surface area contributed by atoms with Crippen molar-refractivity contribution in [2.24, 2.45) is 0 Å². The number of rotatable bonds is 5. The minimum atomic E-state index is 0.0178. The standard InChI is InChI=1S/C21H21P/c22-21(20-14-8-3-9-15-20,16-18-10-4-1-5-11-18)17-19-12-6-2-7-13-19/h1-15H,16-17,22H2. The zero-order valence-electron chi connectivity index (χ0n) is 12.7. The summed E-state index contributed by atoms with van der Waals surface area (Å²) in [6.07, 6.45) is 2.02. The molecule has 0 nitrogen and oxygen atoms in total. The van der Waals surface area contributed by atoms with Crippen molar-refractivity contribution in [3.8, 4) is 0 Å². The molecule has 1 unspecified atom stereocenters. The van der Waals surface area contributed by atoms with Crippen LogP contribution in [0.5, 0.6) is 0 Å². The SMILES string of the molecule is PC(Cc1ccccc1)(Cc1ccccc1)c1ccccc1. The lowest BCUT2D eigenvalue weighted by molar-refractivity contribution is 0.614. The largest absolute Gasteiger partial charge is 0.126 e. The Labute approximate surface area is 135 Å². The van der Waals surface area contributed by atoms with E-state index in [1.54, 1.807) is 0 Å². The predicted octanol–water partition coefficient (Wildman–Crippen LogP) is 5.24. The molecule has 0 aliphatic heterocycles. The molecule has 0 saturated heterocycles. The summed E-state index contributed by atoms with van der Waals surface area (Å²) in [4.78, 5) is 0. The summed E-state index contributed by atoms with van der Waals surface area (Å²) in [5.41, 5.74) is 4.11. The molecule has 1 atom stereocenters. The van der Waals surface area contributed by atoms with Gasteiger partial charge < -0.3 is 0 Å². The molecule has 0 heterocycles. The predicted molar refractivity (Wildman–Crippen MR) is 98.1 cm³/mol. The van der Waals surface area contributed by atoms with E-state index in [1.807, 2.05) is 0 Å². The summed E-state index contributed by atoms with van der Waals surface area (Å²) < 4.78 is 0. The second kappa shape index (κ2) is 6.90. The van der Waals surface area contributed by atoms with Crippen LogP contribution in [0.4, 0.5) is 0 Å². The van der Waals surface area contributed by atoms with Gasteiger partial charge in [0, 0.05) is 5.16 Å². The minimum absolute atomic E-state index is 0.0178. The Kier molecular flexibility index (Phi) is 4.71. The van der Waals surface area contributed by atoms with E-state index in [0.29, 0.717) is 0 Å². The van der Waals surface area contributed by atoms with Crippen LogP contribution in [0.1, 0.15) is 16.7 Å². The molecule has 0 aliphatic rings. The molecule has 0 saturated carbocycles. The van der Waals surface area contributed by atoms with E-state index in [9.17, 15) is 0 Å². The molecule has 0 aromatic heterocycles. The van der Waals surface area contributed by atoms with Crippen molar-refractivity contribution < 1.29 is 0 Å².